The van der Waals surface area contributed by atoms with Gasteiger partial charge in [0.25, 0.3) is 0 Å². The van der Waals surface area contributed by atoms with Crippen LogP contribution >= 0.6 is 0 Å². The summed E-state index contributed by atoms with van der Waals surface area (Å²) >= 11 is 0. The van der Waals surface area contributed by atoms with E-state index in [2.05, 4.69) is 31.3 Å². The molecular formula is C16H25NO2. The lowest BCUT2D eigenvalue weighted by atomic mass is 9.90. The molecule has 0 fully saturated rings. The first kappa shape index (κ1) is 14.2. The number of ether oxygens (including phenoxy) is 2. The molecule has 1 aliphatic heterocycles. The lowest BCUT2D eigenvalue weighted by molar-refractivity contribution is 0.168. The minimum atomic E-state index is 0.335. The second kappa shape index (κ2) is 6.80. The predicted octanol–water partition coefficient (Wildman–Crippen LogP) is 3.54. The maximum Gasteiger partial charge on any atom is 0.166 e. The van der Waals surface area contributed by atoms with E-state index >= 15 is 0 Å². The molecular weight excluding hydrogens is 238 g/mol. The van der Waals surface area contributed by atoms with Gasteiger partial charge in [0.2, 0.25) is 0 Å². The van der Waals surface area contributed by atoms with Crippen LogP contribution in [0.3, 0.4) is 0 Å². The molecule has 0 aliphatic carbocycles. The lowest BCUT2D eigenvalue weighted by Gasteiger charge is -2.27. The van der Waals surface area contributed by atoms with Crippen LogP contribution in [0, 0.1) is 5.92 Å². The summed E-state index contributed by atoms with van der Waals surface area (Å²) in [4.78, 5) is 0. The Bertz CT molecular complexity index is 402. The van der Waals surface area contributed by atoms with Gasteiger partial charge in [0.05, 0.1) is 0 Å². The van der Waals surface area contributed by atoms with Crippen LogP contribution in [0.2, 0.25) is 0 Å². The molecule has 0 saturated carbocycles. The molecule has 1 atom stereocenters. The minimum absolute atomic E-state index is 0.335. The molecule has 1 aromatic rings. The summed E-state index contributed by atoms with van der Waals surface area (Å²) in [7, 11) is 2.02. The Hall–Kier alpha value is -1.22. The van der Waals surface area contributed by atoms with Crippen LogP contribution in [0.5, 0.6) is 11.5 Å². The number of fused-ring (bicyclic) bond motifs is 1. The molecule has 3 heteroatoms. The molecule has 0 saturated heterocycles. The highest BCUT2D eigenvalue weighted by atomic mass is 16.6. The molecule has 106 valence electrons. The number of benzene rings is 1. The molecule has 1 N–H and O–H groups in total. The van der Waals surface area contributed by atoms with E-state index < -0.39 is 0 Å². The summed E-state index contributed by atoms with van der Waals surface area (Å²) in [5.41, 5.74) is 1.23. The first-order valence-corrected chi connectivity index (χ1v) is 7.35. The van der Waals surface area contributed by atoms with Crippen molar-refractivity contribution >= 4 is 0 Å². The maximum atomic E-state index is 5.82. The zero-order valence-electron chi connectivity index (χ0n) is 12.2. The fraction of sp³-hybridized carbons (Fsp3) is 0.625. The molecule has 0 amide bonds. The van der Waals surface area contributed by atoms with Crippen molar-refractivity contribution in [3.8, 4) is 11.5 Å². The number of nitrogens with one attached hydrogen (secondary N) is 1. The molecule has 1 unspecified atom stereocenters. The summed E-state index contributed by atoms with van der Waals surface area (Å²) in [6, 6.07) is 6.53. The third kappa shape index (κ3) is 3.21. The molecule has 0 bridgehead atoms. The molecule has 2 rings (SSSR count). The minimum Gasteiger partial charge on any atom is -0.486 e. The highest BCUT2D eigenvalue weighted by Crippen LogP contribution is 2.39. The van der Waals surface area contributed by atoms with Crippen LogP contribution in [0.1, 0.15) is 44.7 Å². The van der Waals surface area contributed by atoms with E-state index in [-0.39, 0.29) is 0 Å². The summed E-state index contributed by atoms with van der Waals surface area (Å²) in [5.74, 6) is 2.56. The Balaban J connectivity index is 2.22. The molecule has 0 radical (unpaired) electrons. The van der Waals surface area contributed by atoms with Gasteiger partial charge in [-0.3, -0.25) is 0 Å². The quantitative estimate of drug-likeness (QED) is 0.851. The Morgan fingerprint density at radius 2 is 1.89 bits per heavy atom. The largest absolute Gasteiger partial charge is 0.486 e. The summed E-state index contributed by atoms with van der Waals surface area (Å²) < 4.78 is 11.5. The molecule has 19 heavy (non-hydrogen) atoms. The summed E-state index contributed by atoms with van der Waals surface area (Å²) in [6.45, 7) is 5.82. The second-order valence-electron chi connectivity index (χ2n) is 5.13. The van der Waals surface area contributed by atoms with Crippen LogP contribution in [-0.2, 0) is 0 Å². The van der Waals surface area contributed by atoms with Gasteiger partial charge in [-0.2, -0.15) is 0 Å². The number of para-hydroxylation sites is 1. The van der Waals surface area contributed by atoms with Gasteiger partial charge < -0.3 is 14.8 Å². The molecule has 3 nitrogen and oxygen atoms in total. The van der Waals surface area contributed by atoms with Crippen LogP contribution < -0.4 is 14.8 Å². The van der Waals surface area contributed by atoms with Gasteiger partial charge in [0, 0.05) is 11.6 Å². The normalized spacial score (nSPS) is 15.6. The predicted molar refractivity (Wildman–Crippen MR) is 77.9 cm³/mol. The molecule has 1 aliphatic rings. The van der Waals surface area contributed by atoms with Crippen molar-refractivity contribution in [1.82, 2.24) is 5.32 Å². The van der Waals surface area contributed by atoms with Gasteiger partial charge in [-0.05, 0) is 25.5 Å². The zero-order chi connectivity index (χ0) is 13.7. The third-order valence-electron chi connectivity index (χ3n) is 4.04. The van der Waals surface area contributed by atoms with E-state index in [1.165, 1.54) is 18.4 Å². The van der Waals surface area contributed by atoms with Crippen LogP contribution in [0.15, 0.2) is 18.2 Å². The number of hydrogen-bond acceptors (Lipinski definition) is 3. The molecule has 1 heterocycles. The molecule has 0 spiro atoms. The van der Waals surface area contributed by atoms with Gasteiger partial charge in [-0.15, -0.1) is 0 Å². The van der Waals surface area contributed by atoms with E-state index in [1.807, 2.05) is 13.1 Å². The topological polar surface area (TPSA) is 30.5 Å². The van der Waals surface area contributed by atoms with E-state index in [4.69, 9.17) is 9.47 Å². The Labute approximate surface area is 116 Å². The number of rotatable bonds is 6. The highest BCUT2D eigenvalue weighted by molar-refractivity contribution is 5.48. The lowest BCUT2D eigenvalue weighted by Crippen LogP contribution is -2.23. The third-order valence-corrected chi connectivity index (χ3v) is 4.04. The van der Waals surface area contributed by atoms with Crippen molar-refractivity contribution in [2.75, 3.05) is 20.3 Å². The SMILES string of the molecule is CCC(CC)CC(NC)c1cccc2c1OCCO2. The molecule has 0 aromatic heterocycles. The summed E-state index contributed by atoms with van der Waals surface area (Å²) in [6.07, 6.45) is 3.59. The standard InChI is InChI=1S/C16H25NO2/c1-4-12(5-2)11-14(17-3)13-7-6-8-15-16(13)19-10-9-18-15/h6-8,12,14,17H,4-5,9-11H2,1-3H3. The van der Waals surface area contributed by atoms with Crippen molar-refractivity contribution in [2.24, 2.45) is 5.92 Å². The van der Waals surface area contributed by atoms with E-state index in [0.717, 1.165) is 23.8 Å². The van der Waals surface area contributed by atoms with Gasteiger partial charge in [0.15, 0.2) is 11.5 Å². The first-order valence-electron chi connectivity index (χ1n) is 7.35. The number of hydrogen-bond donors (Lipinski definition) is 1. The summed E-state index contributed by atoms with van der Waals surface area (Å²) in [5, 5.41) is 3.43. The first-order chi connectivity index (χ1) is 9.30. The smallest absolute Gasteiger partial charge is 0.166 e. The Morgan fingerprint density at radius 3 is 2.58 bits per heavy atom. The van der Waals surface area contributed by atoms with Gasteiger partial charge >= 0.3 is 0 Å². The fourth-order valence-electron chi connectivity index (χ4n) is 2.73. The molecule has 1 aromatic carbocycles. The Kier molecular flexibility index (Phi) is 5.08. The van der Waals surface area contributed by atoms with Gasteiger partial charge in [0.1, 0.15) is 13.2 Å². The zero-order valence-corrected chi connectivity index (χ0v) is 12.2. The van der Waals surface area contributed by atoms with Crippen molar-refractivity contribution in [3.05, 3.63) is 23.8 Å². The van der Waals surface area contributed by atoms with E-state index in [0.29, 0.717) is 19.3 Å². The second-order valence-corrected chi connectivity index (χ2v) is 5.13. The maximum absolute atomic E-state index is 5.82. The van der Waals surface area contributed by atoms with Crippen molar-refractivity contribution < 1.29 is 9.47 Å². The van der Waals surface area contributed by atoms with Crippen LogP contribution in [0.25, 0.3) is 0 Å². The van der Waals surface area contributed by atoms with Crippen molar-refractivity contribution in [3.63, 3.8) is 0 Å². The average Bonchev–Trinajstić information content (AvgIpc) is 2.48. The Morgan fingerprint density at radius 1 is 1.16 bits per heavy atom. The van der Waals surface area contributed by atoms with Crippen molar-refractivity contribution in [2.45, 2.75) is 39.2 Å². The monoisotopic (exact) mass is 263 g/mol. The van der Waals surface area contributed by atoms with E-state index in [9.17, 15) is 0 Å². The van der Waals surface area contributed by atoms with Crippen molar-refractivity contribution in [1.29, 1.82) is 0 Å². The van der Waals surface area contributed by atoms with Crippen LogP contribution in [0.4, 0.5) is 0 Å². The average molecular weight is 263 g/mol. The fourth-order valence-corrected chi connectivity index (χ4v) is 2.73. The van der Waals surface area contributed by atoms with E-state index in [1.54, 1.807) is 0 Å². The van der Waals surface area contributed by atoms with Gasteiger partial charge in [-0.25, -0.2) is 0 Å². The van der Waals surface area contributed by atoms with Crippen LogP contribution in [-0.4, -0.2) is 20.3 Å². The highest BCUT2D eigenvalue weighted by Gasteiger charge is 2.22. The van der Waals surface area contributed by atoms with Gasteiger partial charge in [-0.1, -0.05) is 38.8 Å².